The Bertz CT molecular complexity index is 1420. The number of nitrogens with one attached hydrogen (secondary N) is 9. The van der Waals surface area contributed by atoms with Crippen molar-refractivity contribution in [1.82, 2.24) is 92.3 Å². The molecule has 120 heavy (non-hydrogen) atoms. The molecule has 12 rings (SSSR count). The molecule has 0 radical (unpaired) electrons. The van der Waals surface area contributed by atoms with Crippen LogP contribution in [0.3, 0.4) is 0 Å². The van der Waals surface area contributed by atoms with Crippen molar-refractivity contribution in [3.05, 3.63) is 191 Å². The molecule has 0 spiro atoms. The van der Waals surface area contributed by atoms with E-state index in [0.717, 1.165) is 65.4 Å². The summed E-state index contributed by atoms with van der Waals surface area (Å²) >= 11 is 0. The summed E-state index contributed by atoms with van der Waals surface area (Å²) in [5, 5.41) is 32.3. The van der Waals surface area contributed by atoms with Gasteiger partial charge in [-0.15, -0.1) is 0 Å². The van der Waals surface area contributed by atoms with Crippen molar-refractivity contribution in [2.24, 2.45) is 10.1 Å². The van der Waals surface area contributed by atoms with Crippen molar-refractivity contribution >= 4 is 12.6 Å². The van der Waals surface area contributed by atoms with Crippen molar-refractivity contribution in [3.8, 4) is 0 Å². The number of hydrogen-bond donors (Lipinski definition) is 9. The lowest BCUT2D eigenvalue weighted by atomic mass is 10.5. The number of nitrogens with zero attached hydrogens (tertiary/aromatic N) is 11. The molecule has 0 unspecified atom stereocenters. The van der Waals surface area contributed by atoms with Gasteiger partial charge in [-0.3, -0.25) is 25.0 Å². The van der Waals surface area contributed by atoms with E-state index < -0.39 is 0 Å². The number of aliphatic imine (C=N–C) groups is 1. The molecule has 1 saturated heterocycles. The van der Waals surface area contributed by atoms with Crippen LogP contribution in [0.25, 0.3) is 0 Å². The number of aromatic amines is 3. The van der Waals surface area contributed by atoms with Gasteiger partial charge in [-0.2, -0.15) is 20.4 Å². The first-order valence-corrected chi connectivity index (χ1v) is 44.5. The zero-order chi connectivity index (χ0) is 93.3. The van der Waals surface area contributed by atoms with E-state index in [1.165, 1.54) is 12.7 Å². The van der Waals surface area contributed by atoms with Crippen LogP contribution >= 0.6 is 0 Å². The Morgan fingerprint density at radius 2 is 0.625 bits per heavy atom. The molecule has 9 N–H and O–H groups in total. The van der Waals surface area contributed by atoms with Gasteiger partial charge in [-0.05, 0) is 61.2 Å². The monoisotopic (exact) mass is 1720 g/mol. The zero-order valence-corrected chi connectivity index (χ0v) is 84.3. The van der Waals surface area contributed by atoms with E-state index in [1.54, 1.807) is 105 Å². The summed E-state index contributed by atoms with van der Waals surface area (Å²) < 4.78 is 0. The minimum atomic E-state index is 0. The van der Waals surface area contributed by atoms with Gasteiger partial charge in [0.05, 0.1) is 19.2 Å². The molecule has 0 saturated carbocycles. The minimum Gasteiger partial charge on any atom is -0.391 e. The Balaban J connectivity index is -0.0000000223. The van der Waals surface area contributed by atoms with Crippen molar-refractivity contribution in [1.29, 1.82) is 0 Å². The molecule has 0 aromatic carbocycles. The third kappa shape index (κ3) is 416. The molecule has 1 fully saturated rings. The molecule has 7 aromatic heterocycles. The maximum Gasteiger partial charge on any atom is 0.115 e. The molecule has 0 aliphatic carbocycles. The van der Waals surface area contributed by atoms with E-state index in [1.807, 2.05) is 406 Å². The molecule has 740 valence electrons. The van der Waals surface area contributed by atoms with Crippen LogP contribution in [-0.4, -0.2) is 132 Å². The first-order valence-electron chi connectivity index (χ1n) is 44.5. The second-order valence-corrected chi connectivity index (χ2v) is 11.6. The Morgan fingerprint density at radius 1 is 0.258 bits per heavy atom. The van der Waals surface area contributed by atoms with Crippen LogP contribution in [0.5, 0.6) is 0 Å². The van der Waals surface area contributed by atoms with Crippen LogP contribution in [0.4, 0.5) is 0 Å². The van der Waals surface area contributed by atoms with E-state index in [9.17, 15) is 0 Å². The fourth-order valence-electron chi connectivity index (χ4n) is 3.70. The quantitative estimate of drug-likeness (QED) is 0.0640. The van der Waals surface area contributed by atoms with Gasteiger partial charge < -0.3 is 42.0 Å². The average molecular weight is 1720 g/mol. The lowest BCUT2D eigenvalue weighted by Gasteiger charge is -1.78. The van der Waals surface area contributed by atoms with E-state index >= 15 is 0 Å². The summed E-state index contributed by atoms with van der Waals surface area (Å²) in [5.41, 5.74) is 2.79. The van der Waals surface area contributed by atoms with Crippen LogP contribution in [0, 0.1) is 0 Å². The third-order valence-electron chi connectivity index (χ3n) is 6.56. The Hall–Kier alpha value is -7.81. The summed E-state index contributed by atoms with van der Waals surface area (Å²) in [4.78, 5) is 31.7. The van der Waals surface area contributed by atoms with Crippen LogP contribution in [-0.2, 0) is 0 Å². The van der Waals surface area contributed by atoms with Crippen LogP contribution < -0.4 is 32.0 Å². The van der Waals surface area contributed by atoms with Crippen LogP contribution in [0.2, 0.25) is 0 Å². The SMILES string of the molecule is C.C.C.C.C.C.C.C.C1=CCNC1.C1=CNCC1.C1=NCCN1.C1=NNCC1.C1CNCN1.CC.CC.CC.CC.CC.CC.CC.CC.CC.CC.CC.CC.CC.CC.CC.CC.CC.CC.CC.CC.CC.CC.CC.CC.c1c[nH]cn1.c1cc[nH]c1.c1ccncc1.c1ccnnc1.c1cn[nH]c1.c1cnccn1.c1cncnc1. The number of H-pyrrole nitrogens is 3. The average Bonchev–Trinajstić information content (AvgIpc) is 2.06. The molecule has 20 nitrogen and oxygen atoms in total. The predicted octanol–water partition coefficient (Wildman–Crippen LogP) is 33.4. The number of pyridine rings is 1. The number of hydrazone groups is 1. The molecular weight excluding hydrogens is 1480 g/mol. The highest BCUT2D eigenvalue weighted by Crippen LogP contribution is 1.84. The second-order valence-electron chi connectivity index (χ2n) is 11.6. The highest BCUT2D eigenvalue weighted by atomic mass is 15.3. The number of aromatic nitrogens is 12. The molecule has 5 aliphatic heterocycles. The normalized spacial score (nSPS) is 8.07. The number of rotatable bonds is 0. The standard InChI is InChI=1S/C5H5N.3C4H4N2.2C4H7N.C4H5N.C3H8N2.C3H6N2.C3H4N2.C3H6N2.C3H4N2.24C2H6.8CH4/c1-2-4-6-5-3-1;1-2-6-4-3-5-1;1-2-5-4-6-3-1;1-2-4-6-5-3-1;3*1-2-4-5-3-1;3*1-2-5-3-4-1;2*1-2-4-5-3-1;24*1-2;;;;;;;;/h1-5H;3*1-4H;1,3,5H,2,4H2;1-2,5H,3-4H2;1-5H;4-5H,1-3H2;3H,1-2H2,(H,4,5);1-3H,(H,4,5);2,5H,1,3H2;1-3H,(H,4,5);24*1-2H3;8*1H4. The van der Waals surface area contributed by atoms with Gasteiger partial charge >= 0.3 is 0 Å². The molecule has 0 atom stereocenters. The Kier molecular flexibility index (Phi) is 769. The topological polar surface area (TPSA) is 260 Å². The van der Waals surface area contributed by atoms with Gasteiger partial charge in [0, 0.05) is 164 Å². The molecule has 7 aromatic rings. The van der Waals surface area contributed by atoms with Gasteiger partial charge in [-0.1, -0.05) is 416 Å². The predicted molar refractivity (Wildman–Crippen MR) is 582 cm³/mol. The molecular formula is C100H240N20. The largest absolute Gasteiger partial charge is 0.391 e. The summed E-state index contributed by atoms with van der Waals surface area (Å²) in [7, 11) is 0. The van der Waals surface area contributed by atoms with E-state index in [4.69, 9.17) is 0 Å². The van der Waals surface area contributed by atoms with E-state index in [-0.39, 0.29) is 59.4 Å². The summed E-state index contributed by atoms with van der Waals surface area (Å²) in [6.07, 6.45) is 44.8. The maximum absolute atomic E-state index is 3.85. The first kappa shape index (κ1) is 216. The van der Waals surface area contributed by atoms with Crippen molar-refractivity contribution in [2.75, 3.05) is 59.0 Å². The van der Waals surface area contributed by atoms with E-state index in [0.29, 0.717) is 0 Å². The number of hydrogen-bond acceptors (Lipinski definition) is 17. The van der Waals surface area contributed by atoms with Crippen molar-refractivity contribution in [3.63, 3.8) is 0 Å². The van der Waals surface area contributed by atoms with Crippen molar-refractivity contribution < 1.29 is 0 Å². The Morgan fingerprint density at radius 3 is 0.725 bits per heavy atom. The van der Waals surface area contributed by atoms with E-state index in [2.05, 4.69) is 121 Å². The molecule has 5 aliphatic rings. The van der Waals surface area contributed by atoms with Gasteiger partial charge in [-0.25, -0.2) is 15.0 Å². The highest BCUT2D eigenvalue weighted by Gasteiger charge is 1.90. The van der Waals surface area contributed by atoms with Gasteiger partial charge in [0.1, 0.15) is 6.33 Å². The molecule has 20 heteroatoms. The summed E-state index contributed by atoms with van der Waals surface area (Å²) in [6.45, 7) is 106. The third-order valence-corrected chi connectivity index (χ3v) is 6.56. The summed E-state index contributed by atoms with van der Waals surface area (Å²) in [5.74, 6) is 0. The van der Waals surface area contributed by atoms with Gasteiger partial charge in [0.2, 0.25) is 0 Å². The minimum absolute atomic E-state index is 0. The van der Waals surface area contributed by atoms with Crippen molar-refractivity contribution in [2.45, 2.75) is 405 Å². The zero-order valence-electron chi connectivity index (χ0n) is 84.3. The number of imidazole rings is 1. The van der Waals surface area contributed by atoms with Crippen LogP contribution in [0.15, 0.2) is 201 Å². The lowest BCUT2D eigenvalue weighted by Crippen LogP contribution is -2.11. The molecule has 0 amide bonds. The fourth-order valence-corrected chi connectivity index (χ4v) is 3.70. The fraction of sp³-hybridized carbons (Fsp3) is 0.670. The maximum atomic E-state index is 3.85. The highest BCUT2D eigenvalue weighted by molar-refractivity contribution is 5.58. The molecule has 12 heterocycles. The first-order chi connectivity index (χ1) is 56.0. The van der Waals surface area contributed by atoms with Gasteiger partial charge in [0.15, 0.2) is 0 Å². The second kappa shape index (κ2) is 428. The van der Waals surface area contributed by atoms with Crippen LogP contribution in [0.1, 0.15) is 405 Å². The molecule has 0 bridgehead atoms. The summed E-state index contributed by atoms with van der Waals surface area (Å²) in [6, 6.07) is 16.9. The van der Waals surface area contributed by atoms with Gasteiger partial charge in [0.25, 0.3) is 0 Å². The smallest absolute Gasteiger partial charge is 0.115 e. The lowest BCUT2D eigenvalue weighted by molar-refractivity contribution is 0.807. The Labute approximate surface area is 765 Å².